The van der Waals surface area contributed by atoms with E-state index >= 15 is 0 Å². The van der Waals surface area contributed by atoms with Gasteiger partial charge in [-0.25, -0.2) is 0 Å². The Balaban J connectivity index is 1.89. The highest BCUT2D eigenvalue weighted by molar-refractivity contribution is 9.10. The topological polar surface area (TPSA) is 27.7 Å². The molecular weight excluding hydrogens is 356 g/mol. The van der Waals surface area contributed by atoms with E-state index < -0.39 is 0 Å². The third-order valence-corrected chi connectivity index (χ3v) is 4.61. The van der Waals surface area contributed by atoms with Crippen LogP contribution in [-0.2, 0) is 9.47 Å². The first-order valence-electron chi connectivity index (χ1n) is 7.61. The second-order valence-electron chi connectivity index (χ2n) is 5.53. The zero-order valence-corrected chi connectivity index (χ0v) is 14.8. The first-order chi connectivity index (χ1) is 11.2. The van der Waals surface area contributed by atoms with Crippen LogP contribution in [0.25, 0.3) is 0 Å². The Morgan fingerprint density at radius 2 is 2.13 bits per heavy atom. The van der Waals surface area contributed by atoms with Crippen LogP contribution in [0, 0.1) is 0 Å². The summed E-state index contributed by atoms with van der Waals surface area (Å²) in [6.07, 6.45) is 11.2. The summed E-state index contributed by atoms with van der Waals surface area (Å²) in [6.45, 7) is 2.20. The van der Waals surface area contributed by atoms with Crippen LogP contribution < -0.4 is 4.74 Å². The fraction of sp³-hybridized carbons (Fsp3) is 0.263. The molecule has 0 N–H and O–H groups in total. The molecule has 1 heterocycles. The minimum absolute atomic E-state index is 0.235. The Kier molecular flexibility index (Phi) is 4.91. The smallest absolute Gasteiger partial charge is 0.164 e. The van der Waals surface area contributed by atoms with Crippen molar-refractivity contribution in [1.29, 1.82) is 0 Å². The molecule has 0 bridgehead atoms. The molecule has 4 heteroatoms. The molecule has 1 aliphatic heterocycles. The average Bonchev–Trinajstić information content (AvgIpc) is 2.62. The number of halogens is 1. The van der Waals surface area contributed by atoms with Gasteiger partial charge in [0.25, 0.3) is 0 Å². The lowest BCUT2D eigenvalue weighted by atomic mass is 9.86. The van der Waals surface area contributed by atoms with Gasteiger partial charge in [0.1, 0.15) is 24.5 Å². The monoisotopic (exact) mass is 374 g/mol. The highest BCUT2D eigenvalue weighted by Crippen LogP contribution is 2.37. The fourth-order valence-electron chi connectivity index (χ4n) is 2.86. The second kappa shape index (κ2) is 7.09. The van der Waals surface area contributed by atoms with Gasteiger partial charge in [0.05, 0.1) is 7.11 Å². The Morgan fingerprint density at radius 1 is 1.26 bits per heavy atom. The number of hydrogen-bond donors (Lipinski definition) is 0. The SMILES string of the molecule is COc1ccc(Br)cc1C(C)C1=CCCC(C2=COC=CO2)=C1. The van der Waals surface area contributed by atoms with E-state index in [9.17, 15) is 0 Å². The van der Waals surface area contributed by atoms with Gasteiger partial charge in [-0.3, -0.25) is 0 Å². The van der Waals surface area contributed by atoms with Gasteiger partial charge in [0.15, 0.2) is 5.76 Å². The lowest BCUT2D eigenvalue weighted by Crippen LogP contribution is -2.05. The zero-order chi connectivity index (χ0) is 16.2. The van der Waals surface area contributed by atoms with E-state index in [-0.39, 0.29) is 5.92 Å². The zero-order valence-electron chi connectivity index (χ0n) is 13.2. The summed E-state index contributed by atoms with van der Waals surface area (Å²) in [5.74, 6) is 1.92. The van der Waals surface area contributed by atoms with E-state index in [4.69, 9.17) is 14.2 Å². The van der Waals surface area contributed by atoms with Crippen molar-refractivity contribution in [1.82, 2.24) is 0 Å². The van der Waals surface area contributed by atoms with Gasteiger partial charge in [-0.1, -0.05) is 35.0 Å². The Bertz CT molecular complexity index is 713. The molecule has 2 aliphatic rings. The van der Waals surface area contributed by atoms with Gasteiger partial charge in [-0.2, -0.15) is 0 Å². The molecule has 23 heavy (non-hydrogen) atoms. The number of benzene rings is 1. The molecule has 0 saturated heterocycles. The summed E-state index contributed by atoms with van der Waals surface area (Å²) in [6, 6.07) is 6.11. The predicted octanol–water partition coefficient (Wildman–Crippen LogP) is 5.57. The number of hydrogen-bond acceptors (Lipinski definition) is 3. The Hall–Kier alpha value is -1.94. The number of allylic oxidation sites excluding steroid dienone is 4. The molecule has 0 spiro atoms. The van der Waals surface area contributed by atoms with Crippen molar-refractivity contribution in [3.8, 4) is 5.75 Å². The molecule has 1 atom stereocenters. The molecule has 3 rings (SSSR count). The summed E-state index contributed by atoms with van der Waals surface area (Å²) >= 11 is 3.55. The van der Waals surface area contributed by atoms with E-state index in [0.29, 0.717) is 0 Å². The number of methoxy groups -OCH3 is 1. The van der Waals surface area contributed by atoms with Crippen LogP contribution in [0.3, 0.4) is 0 Å². The van der Waals surface area contributed by atoms with Gasteiger partial charge in [-0.05, 0) is 42.2 Å². The van der Waals surface area contributed by atoms with Crippen molar-refractivity contribution in [3.05, 3.63) is 76.1 Å². The lowest BCUT2D eigenvalue weighted by Gasteiger charge is -2.22. The summed E-state index contributed by atoms with van der Waals surface area (Å²) in [4.78, 5) is 0. The Labute approximate surface area is 145 Å². The van der Waals surface area contributed by atoms with Crippen LogP contribution >= 0.6 is 15.9 Å². The first kappa shape index (κ1) is 15.9. The van der Waals surface area contributed by atoms with E-state index in [1.165, 1.54) is 17.4 Å². The summed E-state index contributed by atoms with van der Waals surface area (Å²) < 4.78 is 17.3. The van der Waals surface area contributed by atoms with Crippen LogP contribution in [-0.4, -0.2) is 7.11 Å². The molecule has 0 fully saturated rings. The van der Waals surface area contributed by atoms with Crippen molar-refractivity contribution in [2.24, 2.45) is 0 Å². The maximum absolute atomic E-state index is 5.54. The van der Waals surface area contributed by atoms with Crippen molar-refractivity contribution >= 4 is 15.9 Å². The van der Waals surface area contributed by atoms with E-state index in [2.05, 4.69) is 41.1 Å². The highest BCUT2D eigenvalue weighted by Gasteiger charge is 2.20. The van der Waals surface area contributed by atoms with E-state index in [1.54, 1.807) is 19.6 Å². The van der Waals surface area contributed by atoms with Gasteiger partial charge < -0.3 is 14.2 Å². The van der Waals surface area contributed by atoms with Crippen molar-refractivity contribution in [2.75, 3.05) is 7.11 Å². The maximum Gasteiger partial charge on any atom is 0.164 e. The molecule has 1 aromatic rings. The molecule has 120 valence electrons. The largest absolute Gasteiger partial charge is 0.496 e. The first-order valence-corrected chi connectivity index (χ1v) is 8.40. The Morgan fingerprint density at radius 3 is 2.87 bits per heavy atom. The standard InChI is InChI=1S/C19H19BrO3/c1-13(17-11-16(20)6-7-18(17)21-2)14-4-3-5-15(10-14)19-12-22-8-9-23-19/h4,6-13H,3,5H2,1-2H3. The molecule has 0 aromatic heterocycles. The number of rotatable bonds is 4. The van der Waals surface area contributed by atoms with Crippen molar-refractivity contribution in [2.45, 2.75) is 25.7 Å². The van der Waals surface area contributed by atoms with Gasteiger partial charge in [0, 0.05) is 16.0 Å². The van der Waals surface area contributed by atoms with E-state index in [0.717, 1.165) is 34.4 Å². The maximum atomic E-state index is 5.54. The van der Waals surface area contributed by atoms with Gasteiger partial charge in [0.2, 0.25) is 0 Å². The fourth-order valence-corrected chi connectivity index (χ4v) is 3.24. The van der Waals surface area contributed by atoms with Crippen LogP contribution in [0.1, 0.15) is 31.2 Å². The quantitative estimate of drug-likeness (QED) is 0.689. The van der Waals surface area contributed by atoms with Crippen LogP contribution in [0.2, 0.25) is 0 Å². The molecule has 0 amide bonds. The third kappa shape index (κ3) is 3.53. The molecule has 0 radical (unpaired) electrons. The van der Waals surface area contributed by atoms with Crippen molar-refractivity contribution in [3.63, 3.8) is 0 Å². The van der Waals surface area contributed by atoms with E-state index in [1.807, 2.05) is 12.1 Å². The van der Waals surface area contributed by atoms with Crippen LogP contribution in [0.4, 0.5) is 0 Å². The van der Waals surface area contributed by atoms with Gasteiger partial charge in [-0.15, -0.1) is 0 Å². The molecular formula is C19H19BrO3. The molecule has 3 nitrogen and oxygen atoms in total. The summed E-state index contributed by atoms with van der Waals surface area (Å²) in [7, 11) is 1.71. The van der Waals surface area contributed by atoms with Crippen molar-refractivity contribution < 1.29 is 14.2 Å². The second-order valence-corrected chi connectivity index (χ2v) is 6.44. The van der Waals surface area contributed by atoms with Gasteiger partial charge >= 0.3 is 0 Å². The number of ether oxygens (including phenoxy) is 3. The average molecular weight is 375 g/mol. The predicted molar refractivity (Wildman–Crippen MR) is 93.9 cm³/mol. The summed E-state index contributed by atoms with van der Waals surface area (Å²) in [5, 5.41) is 0. The molecule has 1 aliphatic carbocycles. The minimum Gasteiger partial charge on any atom is -0.496 e. The molecule has 0 saturated carbocycles. The molecule has 1 unspecified atom stereocenters. The normalized spacial score (nSPS) is 18.1. The summed E-state index contributed by atoms with van der Waals surface area (Å²) in [5.41, 5.74) is 3.59. The highest BCUT2D eigenvalue weighted by atomic mass is 79.9. The van der Waals surface area contributed by atoms with Crippen LogP contribution in [0.5, 0.6) is 5.75 Å². The third-order valence-electron chi connectivity index (χ3n) is 4.11. The molecule has 1 aromatic carbocycles. The van der Waals surface area contributed by atoms with Crippen LogP contribution in [0.15, 0.2) is 70.5 Å². The lowest BCUT2D eigenvalue weighted by molar-refractivity contribution is 0.262. The minimum atomic E-state index is 0.235.